The fourth-order valence-corrected chi connectivity index (χ4v) is 4.21. The predicted octanol–water partition coefficient (Wildman–Crippen LogP) is 1.53. The molecule has 2 aliphatic rings. The van der Waals surface area contributed by atoms with Crippen LogP contribution in [-0.4, -0.2) is 64.9 Å². The second-order valence-electron chi connectivity index (χ2n) is 7.58. The van der Waals surface area contributed by atoms with Gasteiger partial charge in [0.2, 0.25) is 0 Å². The summed E-state index contributed by atoms with van der Waals surface area (Å²) < 4.78 is 7.02. The summed E-state index contributed by atoms with van der Waals surface area (Å²) in [7, 11) is 1.56. The van der Waals surface area contributed by atoms with Crippen LogP contribution in [-0.2, 0) is 6.42 Å². The molecule has 2 N–H and O–H groups in total. The van der Waals surface area contributed by atoms with E-state index in [9.17, 15) is 4.79 Å². The van der Waals surface area contributed by atoms with E-state index in [-0.39, 0.29) is 6.03 Å². The maximum atomic E-state index is 13.1. The first-order valence-corrected chi connectivity index (χ1v) is 10.1. The first kappa shape index (κ1) is 18.6. The number of carbonyl (C=O) groups excluding carboxylic acids is 1. The maximum absolute atomic E-state index is 13.1. The van der Waals surface area contributed by atoms with E-state index in [1.807, 2.05) is 0 Å². The van der Waals surface area contributed by atoms with Crippen LogP contribution >= 0.6 is 0 Å². The smallest absolute Gasteiger partial charge is 0.327 e. The van der Waals surface area contributed by atoms with Crippen molar-refractivity contribution in [1.29, 1.82) is 0 Å². The number of nitrogens with zero attached hydrogens (tertiary/aromatic N) is 6. The van der Waals surface area contributed by atoms with E-state index in [1.54, 1.807) is 35.0 Å². The minimum absolute atomic E-state index is 0.246. The number of urea groups is 1. The Morgan fingerprint density at radius 2 is 2.23 bits per heavy atom. The fraction of sp³-hybridized carbons (Fsp3) is 0.400. The number of rotatable bonds is 3. The molecule has 0 aromatic carbocycles. The summed E-state index contributed by atoms with van der Waals surface area (Å²) in [5.41, 5.74) is 3.47. The van der Waals surface area contributed by atoms with Crippen LogP contribution in [0, 0.1) is 0 Å². The molecule has 1 atom stereocenters. The molecule has 30 heavy (non-hydrogen) atoms. The van der Waals surface area contributed by atoms with Gasteiger partial charge in [-0.1, -0.05) is 0 Å². The highest BCUT2D eigenvalue weighted by Crippen LogP contribution is 2.35. The van der Waals surface area contributed by atoms with Crippen molar-refractivity contribution < 1.29 is 9.53 Å². The van der Waals surface area contributed by atoms with Gasteiger partial charge in [0.25, 0.3) is 0 Å². The molecule has 2 amide bonds. The molecule has 0 radical (unpaired) electrons. The molecule has 10 heteroatoms. The number of hydrogen-bond donors (Lipinski definition) is 2. The number of methoxy groups -OCH3 is 1. The first-order chi connectivity index (χ1) is 14.6. The van der Waals surface area contributed by atoms with Crippen molar-refractivity contribution in [1.82, 2.24) is 24.9 Å². The van der Waals surface area contributed by atoms with Gasteiger partial charge in [-0.3, -0.25) is 4.90 Å². The number of ether oxygens (including phenoxy) is 1. The van der Waals surface area contributed by atoms with E-state index in [0.29, 0.717) is 29.7 Å². The molecule has 10 nitrogen and oxygen atoms in total. The molecule has 1 saturated heterocycles. The molecule has 0 unspecified atom stereocenters. The molecule has 0 spiro atoms. The lowest BCUT2D eigenvalue weighted by atomic mass is 10.1. The first-order valence-electron chi connectivity index (χ1n) is 10.1. The Morgan fingerprint density at radius 3 is 3.07 bits per heavy atom. The van der Waals surface area contributed by atoms with Gasteiger partial charge in [0.05, 0.1) is 13.3 Å². The molecule has 0 saturated carbocycles. The quantitative estimate of drug-likeness (QED) is 0.678. The van der Waals surface area contributed by atoms with Crippen LogP contribution in [0.3, 0.4) is 0 Å². The number of carbonyl (C=O) groups is 1. The molecule has 0 bridgehead atoms. The van der Waals surface area contributed by atoms with Crippen molar-refractivity contribution in [3.05, 3.63) is 36.4 Å². The lowest BCUT2D eigenvalue weighted by Crippen LogP contribution is -2.49. The van der Waals surface area contributed by atoms with Gasteiger partial charge in [0.1, 0.15) is 23.6 Å². The highest BCUT2D eigenvalue weighted by Gasteiger charge is 2.31. The van der Waals surface area contributed by atoms with Gasteiger partial charge in [-0.25, -0.2) is 19.3 Å². The topological polar surface area (TPSA) is 99.9 Å². The third-order valence-corrected chi connectivity index (χ3v) is 5.64. The number of pyridine rings is 2. The molecule has 0 aliphatic carbocycles. The van der Waals surface area contributed by atoms with Crippen LogP contribution in [0.15, 0.2) is 30.9 Å². The van der Waals surface area contributed by atoms with Gasteiger partial charge >= 0.3 is 6.03 Å². The zero-order valence-electron chi connectivity index (χ0n) is 17.0. The number of hydrogen-bond acceptors (Lipinski definition) is 7. The third kappa shape index (κ3) is 3.18. The average Bonchev–Trinajstić information content (AvgIpc) is 3.39. The predicted molar refractivity (Wildman–Crippen MR) is 114 cm³/mol. The summed E-state index contributed by atoms with van der Waals surface area (Å²) in [6.07, 6.45) is 5.72. The second-order valence-corrected chi connectivity index (χ2v) is 7.58. The lowest BCUT2D eigenvalue weighted by Gasteiger charge is -2.34. The monoisotopic (exact) mass is 408 g/mol. The fourth-order valence-electron chi connectivity index (χ4n) is 4.21. The summed E-state index contributed by atoms with van der Waals surface area (Å²) in [6.45, 7) is 5.61. The highest BCUT2D eigenvalue weighted by molar-refractivity contribution is 6.03. The molecular formula is C20H24N8O2. The number of fused-ring (bicyclic) bond motifs is 2. The van der Waals surface area contributed by atoms with Gasteiger partial charge in [0.15, 0.2) is 5.65 Å². The number of aromatic nitrogens is 4. The van der Waals surface area contributed by atoms with E-state index in [0.717, 1.165) is 37.4 Å². The Morgan fingerprint density at radius 1 is 1.33 bits per heavy atom. The Labute approximate surface area is 173 Å². The Kier molecular flexibility index (Phi) is 4.62. The van der Waals surface area contributed by atoms with Crippen molar-refractivity contribution in [3.8, 4) is 5.75 Å². The van der Waals surface area contributed by atoms with Crippen molar-refractivity contribution in [2.24, 2.45) is 0 Å². The SMILES string of the molecule is COc1cc2ncnn2cc1NC(=O)N1CCc2c(N3CCN[C@H](C)C3)ccnc21. The number of piperazine rings is 1. The number of nitrogens with one attached hydrogen (secondary N) is 2. The van der Waals surface area contributed by atoms with Crippen LogP contribution in [0.4, 0.5) is 22.0 Å². The van der Waals surface area contributed by atoms with E-state index in [2.05, 4.69) is 43.6 Å². The molecular weight excluding hydrogens is 384 g/mol. The van der Waals surface area contributed by atoms with Crippen LogP contribution in [0.1, 0.15) is 12.5 Å². The van der Waals surface area contributed by atoms with Crippen LogP contribution in [0.25, 0.3) is 5.65 Å². The molecule has 2 aliphatic heterocycles. The van der Waals surface area contributed by atoms with E-state index in [4.69, 9.17) is 4.74 Å². The standard InChI is InChI=1S/C20H24N8O2/c1-13-10-26(8-6-21-13)16-3-5-22-19-14(16)4-7-27(19)20(29)25-15-11-28-18(23-12-24-28)9-17(15)30-2/h3,5,9,11-13,21H,4,6-8,10H2,1-2H3,(H,25,29)/t13-/m1/s1. The van der Waals surface area contributed by atoms with Crippen LogP contribution in [0.2, 0.25) is 0 Å². The highest BCUT2D eigenvalue weighted by atomic mass is 16.5. The Hall–Kier alpha value is -3.40. The number of amides is 2. The summed E-state index contributed by atoms with van der Waals surface area (Å²) in [5.74, 6) is 1.25. The molecule has 3 aromatic rings. The largest absolute Gasteiger partial charge is 0.494 e. The summed E-state index contributed by atoms with van der Waals surface area (Å²) in [6, 6.07) is 3.98. The molecule has 156 valence electrons. The summed E-state index contributed by atoms with van der Waals surface area (Å²) in [5, 5.41) is 10.5. The maximum Gasteiger partial charge on any atom is 0.327 e. The van der Waals surface area contributed by atoms with Gasteiger partial charge in [-0.2, -0.15) is 5.10 Å². The Balaban J connectivity index is 1.41. The molecule has 3 aromatic heterocycles. The Bertz CT molecular complexity index is 1100. The van der Waals surface area contributed by atoms with Crippen LogP contribution < -0.4 is 25.2 Å². The van der Waals surface area contributed by atoms with Crippen molar-refractivity contribution >= 4 is 28.9 Å². The zero-order chi connectivity index (χ0) is 20.7. The van der Waals surface area contributed by atoms with Gasteiger partial charge < -0.3 is 20.3 Å². The average molecular weight is 408 g/mol. The van der Waals surface area contributed by atoms with E-state index < -0.39 is 0 Å². The zero-order valence-corrected chi connectivity index (χ0v) is 17.0. The van der Waals surface area contributed by atoms with E-state index >= 15 is 0 Å². The minimum Gasteiger partial charge on any atom is -0.494 e. The van der Waals surface area contributed by atoms with Gasteiger partial charge in [-0.15, -0.1) is 0 Å². The van der Waals surface area contributed by atoms with Gasteiger partial charge in [-0.05, 0) is 19.4 Å². The normalized spacial score (nSPS) is 18.5. The lowest BCUT2D eigenvalue weighted by molar-refractivity contribution is 0.257. The molecule has 5 heterocycles. The van der Waals surface area contributed by atoms with E-state index in [1.165, 1.54) is 12.0 Å². The van der Waals surface area contributed by atoms with Crippen LogP contribution in [0.5, 0.6) is 5.75 Å². The number of anilines is 3. The molecule has 5 rings (SSSR count). The minimum atomic E-state index is -0.246. The van der Waals surface area contributed by atoms with Crippen molar-refractivity contribution in [3.63, 3.8) is 0 Å². The summed E-state index contributed by atoms with van der Waals surface area (Å²) >= 11 is 0. The van der Waals surface area contributed by atoms with Crippen molar-refractivity contribution in [2.75, 3.05) is 48.4 Å². The third-order valence-electron chi connectivity index (χ3n) is 5.64. The van der Waals surface area contributed by atoms with Gasteiger partial charge in [0, 0.05) is 55.7 Å². The van der Waals surface area contributed by atoms with Crippen molar-refractivity contribution in [2.45, 2.75) is 19.4 Å². The molecule has 1 fully saturated rings. The second kappa shape index (κ2) is 7.45. The summed E-state index contributed by atoms with van der Waals surface area (Å²) in [4.78, 5) is 25.8.